The van der Waals surface area contributed by atoms with E-state index in [9.17, 15) is 19.7 Å². The summed E-state index contributed by atoms with van der Waals surface area (Å²) in [5, 5.41) is 16.4. The molecule has 1 saturated carbocycles. The summed E-state index contributed by atoms with van der Waals surface area (Å²) in [6.07, 6.45) is 7.82. The van der Waals surface area contributed by atoms with Crippen LogP contribution < -0.4 is 10.6 Å². The number of hydrogen-bond donors (Lipinski definition) is 2. The van der Waals surface area contributed by atoms with Crippen molar-refractivity contribution in [2.45, 2.75) is 64.0 Å². The van der Waals surface area contributed by atoms with E-state index in [1.165, 1.54) is 43.5 Å². The normalized spacial score (nSPS) is 17.0. The molecule has 0 aliphatic heterocycles. The van der Waals surface area contributed by atoms with Gasteiger partial charge in [-0.15, -0.1) is 0 Å². The van der Waals surface area contributed by atoms with Gasteiger partial charge in [-0.2, -0.15) is 0 Å². The summed E-state index contributed by atoms with van der Waals surface area (Å²) in [7, 11) is 0. The Labute approximate surface area is 147 Å². The fraction of sp³-hybridized carbons (Fsp3) is 0.556. The number of carbonyl (C=O) groups excluding carboxylic acids is 2. The Balaban J connectivity index is 1.90. The maximum atomic E-state index is 12.3. The van der Waals surface area contributed by atoms with E-state index < -0.39 is 16.9 Å². The quantitative estimate of drug-likeness (QED) is 0.631. The number of carbonyl (C=O) groups is 2. The van der Waals surface area contributed by atoms with E-state index in [4.69, 9.17) is 0 Å². The molecule has 2 N–H and O–H groups in total. The van der Waals surface area contributed by atoms with Gasteiger partial charge in [-0.1, -0.05) is 38.2 Å². The molecule has 7 heteroatoms. The van der Waals surface area contributed by atoms with Crippen molar-refractivity contribution in [3.8, 4) is 0 Å². The molecular weight excluding hydrogens is 322 g/mol. The first-order valence-electron chi connectivity index (χ1n) is 8.83. The zero-order valence-electron chi connectivity index (χ0n) is 14.5. The highest BCUT2D eigenvalue weighted by Gasteiger charge is 2.21. The third kappa shape index (κ3) is 5.85. The van der Waals surface area contributed by atoms with Crippen molar-refractivity contribution in [2.24, 2.45) is 0 Å². The molecule has 1 atom stereocenters. The molecule has 1 aliphatic rings. The number of nitrogens with one attached hydrogen (secondary N) is 2. The highest BCUT2D eigenvalue weighted by Crippen LogP contribution is 2.17. The first kappa shape index (κ1) is 18.9. The summed E-state index contributed by atoms with van der Waals surface area (Å²) in [5.41, 5.74) is 0.0130. The standard InChI is InChI=1S/C18H25N3O4/c1-13(17(22)20-15-9-5-3-2-4-6-10-15)19-18(23)14-8-7-11-16(12-14)21(24)25/h7-8,11-13,15H,2-6,9-10H2,1H3,(H,19,23)(H,20,22). The van der Waals surface area contributed by atoms with E-state index in [-0.39, 0.29) is 23.2 Å². The molecule has 2 amide bonds. The fourth-order valence-corrected chi connectivity index (χ4v) is 3.03. The average molecular weight is 347 g/mol. The molecule has 7 nitrogen and oxygen atoms in total. The number of benzene rings is 1. The highest BCUT2D eigenvalue weighted by atomic mass is 16.6. The van der Waals surface area contributed by atoms with Crippen LogP contribution in [0.5, 0.6) is 0 Å². The average Bonchev–Trinajstić information content (AvgIpc) is 2.57. The summed E-state index contributed by atoms with van der Waals surface area (Å²) in [6.45, 7) is 1.62. The molecule has 25 heavy (non-hydrogen) atoms. The van der Waals surface area contributed by atoms with Gasteiger partial charge < -0.3 is 10.6 Å². The monoisotopic (exact) mass is 347 g/mol. The van der Waals surface area contributed by atoms with Crippen LogP contribution in [0.4, 0.5) is 5.69 Å². The van der Waals surface area contributed by atoms with Gasteiger partial charge in [0.2, 0.25) is 5.91 Å². The predicted octanol–water partition coefficient (Wildman–Crippen LogP) is 2.94. The summed E-state index contributed by atoms with van der Waals surface area (Å²) in [4.78, 5) is 34.8. The zero-order chi connectivity index (χ0) is 18.2. The van der Waals surface area contributed by atoms with Gasteiger partial charge in [0.05, 0.1) is 4.92 Å². The number of nitrogens with zero attached hydrogens (tertiary/aromatic N) is 1. The largest absolute Gasteiger partial charge is 0.352 e. The second-order valence-corrected chi connectivity index (χ2v) is 6.55. The Kier molecular flexibility index (Phi) is 6.91. The zero-order valence-corrected chi connectivity index (χ0v) is 14.5. The molecule has 0 spiro atoms. The Morgan fingerprint density at radius 1 is 1.16 bits per heavy atom. The van der Waals surface area contributed by atoms with Crippen LogP contribution >= 0.6 is 0 Å². The number of rotatable bonds is 5. The van der Waals surface area contributed by atoms with Crippen LogP contribution in [0.3, 0.4) is 0 Å². The first-order chi connectivity index (χ1) is 12.0. The van der Waals surface area contributed by atoms with Crippen molar-refractivity contribution in [2.75, 3.05) is 0 Å². The van der Waals surface area contributed by atoms with Crippen LogP contribution in [-0.2, 0) is 4.79 Å². The summed E-state index contributed by atoms with van der Waals surface area (Å²) in [5.74, 6) is -0.714. The van der Waals surface area contributed by atoms with Gasteiger partial charge in [0.15, 0.2) is 0 Å². The van der Waals surface area contributed by atoms with Crippen LogP contribution in [0, 0.1) is 10.1 Å². The highest BCUT2D eigenvalue weighted by molar-refractivity contribution is 5.97. The van der Waals surface area contributed by atoms with Crippen molar-refractivity contribution >= 4 is 17.5 Å². The predicted molar refractivity (Wildman–Crippen MR) is 94.3 cm³/mol. The minimum absolute atomic E-state index is 0.153. The molecule has 0 radical (unpaired) electrons. The molecule has 1 aromatic carbocycles. The Hall–Kier alpha value is -2.44. The molecule has 1 aliphatic carbocycles. The van der Waals surface area contributed by atoms with Gasteiger partial charge in [0.25, 0.3) is 11.6 Å². The van der Waals surface area contributed by atoms with Gasteiger partial charge >= 0.3 is 0 Å². The van der Waals surface area contributed by atoms with E-state index in [0.717, 1.165) is 25.7 Å². The minimum Gasteiger partial charge on any atom is -0.352 e. The van der Waals surface area contributed by atoms with E-state index in [1.807, 2.05) is 0 Å². The number of nitro groups is 1. The van der Waals surface area contributed by atoms with Crippen molar-refractivity contribution in [1.82, 2.24) is 10.6 Å². The van der Waals surface area contributed by atoms with Crippen LogP contribution in [0.25, 0.3) is 0 Å². The maximum Gasteiger partial charge on any atom is 0.270 e. The molecule has 2 rings (SSSR count). The van der Waals surface area contributed by atoms with Crippen LogP contribution in [-0.4, -0.2) is 28.8 Å². The Morgan fingerprint density at radius 3 is 2.44 bits per heavy atom. The van der Waals surface area contributed by atoms with Gasteiger partial charge in [0.1, 0.15) is 6.04 Å². The van der Waals surface area contributed by atoms with Crippen molar-refractivity contribution in [3.63, 3.8) is 0 Å². The molecule has 1 aromatic rings. The summed E-state index contributed by atoms with van der Waals surface area (Å²) in [6, 6.07) is 4.92. The SMILES string of the molecule is CC(NC(=O)c1cccc([N+](=O)[O-])c1)C(=O)NC1CCCCCCC1. The molecule has 1 unspecified atom stereocenters. The minimum atomic E-state index is -0.697. The topological polar surface area (TPSA) is 101 Å². The molecular formula is C18H25N3O4. The molecule has 1 fully saturated rings. The summed E-state index contributed by atoms with van der Waals surface area (Å²) >= 11 is 0. The third-order valence-electron chi connectivity index (χ3n) is 4.51. The van der Waals surface area contributed by atoms with Gasteiger partial charge in [-0.25, -0.2) is 0 Å². The second kappa shape index (κ2) is 9.15. The van der Waals surface area contributed by atoms with Crippen LogP contribution in [0.15, 0.2) is 24.3 Å². The molecule has 0 bridgehead atoms. The van der Waals surface area contributed by atoms with Gasteiger partial charge in [0, 0.05) is 23.7 Å². The molecule has 0 heterocycles. The van der Waals surface area contributed by atoms with Crippen LogP contribution in [0.2, 0.25) is 0 Å². The Bertz CT molecular complexity index is 625. The van der Waals surface area contributed by atoms with E-state index in [1.54, 1.807) is 6.92 Å². The van der Waals surface area contributed by atoms with E-state index in [0.29, 0.717) is 0 Å². The lowest BCUT2D eigenvalue weighted by Gasteiger charge is -2.23. The maximum absolute atomic E-state index is 12.3. The lowest BCUT2D eigenvalue weighted by atomic mass is 9.96. The van der Waals surface area contributed by atoms with Crippen LogP contribution in [0.1, 0.15) is 62.2 Å². The number of amides is 2. The van der Waals surface area contributed by atoms with E-state index in [2.05, 4.69) is 10.6 Å². The lowest BCUT2D eigenvalue weighted by molar-refractivity contribution is -0.384. The summed E-state index contributed by atoms with van der Waals surface area (Å²) < 4.78 is 0. The lowest BCUT2D eigenvalue weighted by Crippen LogP contribution is -2.48. The molecule has 136 valence electrons. The van der Waals surface area contributed by atoms with Crippen molar-refractivity contribution in [1.29, 1.82) is 0 Å². The molecule has 0 saturated heterocycles. The fourth-order valence-electron chi connectivity index (χ4n) is 3.03. The Morgan fingerprint density at radius 2 is 1.80 bits per heavy atom. The number of non-ortho nitro benzene ring substituents is 1. The molecule has 0 aromatic heterocycles. The first-order valence-corrected chi connectivity index (χ1v) is 8.83. The number of nitro benzene ring substituents is 1. The second-order valence-electron chi connectivity index (χ2n) is 6.55. The van der Waals surface area contributed by atoms with Gasteiger partial charge in [-0.3, -0.25) is 19.7 Å². The van der Waals surface area contributed by atoms with Gasteiger partial charge in [-0.05, 0) is 25.8 Å². The van der Waals surface area contributed by atoms with E-state index >= 15 is 0 Å². The van der Waals surface area contributed by atoms with Crippen molar-refractivity contribution < 1.29 is 14.5 Å². The number of hydrogen-bond acceptors (Lipinski definition) is 4. The van der Waals surface area contributed by atoms with Crippen molar-refractivity contribution in [3.05, 3.63) is 39.9 Å². The third-order valence-corrected chi connectivity index (χ3v) is 4.51. The smallest absolute Gasteiger partial charge is 0.270 e.